The predicted octanol–water partition coefficient (Wildman–Crippen LogP) is 1.58. The zero-order valence-electron chi connectivity index (χ0n) is 7.21. The van der Waals surface area contributed by atoms with Gasteiger partial charge in [-0.2, -0.15) is 0 Å². The normalized spacial score (nSPS) is 27.2. The first-order valence-corrected chi connectivity index (χ1v) is 4.33. The van der Waals surface area contributed by atoms with Crippen LogP contribution < -0.4 is 5.32 Å². The minimum absolute atomic E-state index is 0.489. The molecular weight excluding hydrogens is 150 g/mol. The highest BCUT2D eigenvalue weighted by Gasteiger charge is 2.13. The van der Waals surface area contributed by atoms with E-state index < -0.39 is 0 Å². The van der Waals surface area contributed by atoms with Crippen molar-refractivity contribution in [3.8, 4) is 0 Å². The molecule has 1 N–H and O–H groups in total. The fourth-order valence-corrected chi connectivity index (χ4v) is 1.43. The van der Waals surface area contributed by atoms with E-state index >= 15 is 0 Å². The Balaban J connectivity index is 2.28. The molecule has 1 atom stereocenters. The summed E-state index contributed by atoms with van der Waals surface area (Å²) < 4.78 is 5.49. The first kappa shape index (κ1) is 7.47. The zero-order chi connectivity index (χ0) is 8.39. The Morgan fingerprint density at radius 2 is 2.50 bits per heavy atom. The SMILES string of the molecule is CC1C=CC=C2OCCNC2=C1. The fourth-order valence-electron chi connectivity index (χ4n) is 1.43. The van der Waals surface area contributed by atoms with Crippen molar-refractivity contribution in [2.75, 3.05) is 13.2 Å². The lowest BCUT2D eigenvalue weighted by molar-refractivity contribution is 0.197. The maximum absolute atomic E-state index is 5.49. The van der Waals surface area contributed by atoms with Gasteiger partial charge in [-0.05, 0) is 12.0 Å². The molecular formula is C10H13NO. The van der Waals surface area contributed by atoms with Gasteiger partial charge in [-0.25, -0.2) is 0 Å². The second-order valence-electron chi connectivity index (χ2n) is 3.13. The first-order chi connectivity index (χ1) is 5.86. The summed E-state index contributed by atoms with van der Waals surface area (Å²) in [6, 6.07) is 0. The third-order valence-electron chi connectivity index (χ3n) is 2.03. The van der Waals surface area contributed by atoms with Crippen LogP contribution in [0.5, 0.6) is 0 Å². The van der Waals surface area contributed by atoms with Crippen LogP contribution in [0.15, 0.2) is 35.8 Å². The summed E-state index contributed by atoms with van der Waals surface area (Å²) >= 11 is 0. The number of ether oxygens (including phenoxy) is 1. The molecule has 0 spiro atoms. The van der Waals surface area contributed by atoms with Gasteiger partial charge in [-0.15, -0.1) is 0 Å². The molecule has 0 saturated carbocycles. The smallest absolute Gasteiger partial charge is 0.142 e. The topological polar surface area (TPSA) is 21.3 Å². The average Bonchev–Trinajstić information content (AvgIpc) is 2.25. The second kappa shape index (κ2) is 3.05. The number of allylic oxidation sites excluding steroid dienone is 4. The molecule has 0 aromatic rings. The van der Waals surface area contributed by atoms with Gasteiger partial charge in [0.1, 0.15) is 12.4 Å². The van der Waals surface area contributed by atoms with Crippen LogP contribution in [0.1, 0.15) is 6.92 Å². The van der Waals surface area contributed by atoms with E-state index in [0.29, 0.717) is 5.92 Å². The number of rotatable bonds is 0. The first-order valence-electron chi connectivity index (χ1n) is 4.33. The third kappa shape index (κ3) is 1.37. The van der Waals surface area contributed by atoms with Gasteiger partial charge < -0.3 is 10.1 Å². The number of fused-ring (bicyclic) bond motifs is 1. The molecule has 0 bridgehead atoms. The minimum Gasteiger partial charge on any atom is -0.490 e. The van der Waals surface area contributed by atoms with Crippen molar-refractivity contribution in [3.63, 3.8) is 0 Å². The second-order valence-corrected chi connectivity index (χ2v) is 3.13. The van der Waals surface area contributed by atoms with E-state index in [1.165, 1.54) is 0 Å². The Bertz CT molecular complexity index is 263. The summed E-state index contributed by atoms with van der Waals surface area (Å²) in [5, 5.41) is 3.32. The Kier molecular flexibility index (Phi) is 1.90. The molecule has 0 radical (unpaired) electrons. The molecule has 0 aromatic carbocycles. The molecule has 64 valence electrons. The lowest BCUT2D eigenvalue weighted by Crippen LogP contribution is -2.27. The summed E-state index contributed by atoms with van der Waals surface area (Å²) in [5.41, 5.74) is 1.14. The lowest BCUT2D eigenvalue weighted by Gasteiger charge is -2.21. The van der Waals surface area contributed by atoms with Crippen molar-refractivity contribution in [2.45, 2.75) is 6.92 Å². The van der Waals surface area contributed by atoms with Crippen LogP contribution in [-0.4, -0.2) is 13.2 Å². The number of nitrogens with one attached hydrogen (secondary N) is 1. The Hall–Kier alpha value is -1.18. The monoisotopic (exact) mass is 163 g/mol. The third-order valence-corrected chi connectivity index (χ3v) is 2.03. The van der Waals surface area contributed by atoms with Crippen LogP contribution >= 0.6 is 0 Å². The standard InChI is InChI=1S/C10H13NO/c1-8-3-2-4-10-9(7-8)11-5-6-12-10/h2-4,7-8,11H,5-6H2,1H3. The molecule has 1 aliphatic heterocycles. The van der Waals surface area contributed by atoms with Crippen molar-refractivity contribution in [3.05, 3.63) is 35.8 Å². The van der Waals surface area contributed by atoms with Crippen molar-refractivity contribution < 1.29 is 4.74 Å². The number of hydrogen-bond acceptors (Lipinski definition) is 2. The van der Waals surface area contributed by atoms with E-state index in [9.17, 15) is 0 Å². The quantitative estimate of drug-likeness (QED) is 0.585. The zero-order valence-corrected chi connectivity index (χ0v) is 7.21. The van der Waals surface area contributed by atoms with Gasteiger partial charge in [0, 0.05) is 6.54 Å². The van der Waals surface area contributed by atoms with Crippen molar-refractivity contribution >= 4 is 0 Å². The Morgan fingerprint density at radius 1 is 1.58 bits per heavy atom. The summed E-state index contributed by atoms with van der Waals surface area (Å²) in [6.07, 6.45) is 8.41. The summed E-state index contributed by atoms with van der Waals surface area (Å²) in [5.74, 6) is 1.46. The minimum atomic E-state index is 0.489. The molecule has 12 heavy (non-hydrogen) atoms. The van der Waals surface area contributed by atoms with Crippen molar-refractivity contribution in [1.82, 2.24) is 5.32 Å². The predicted molar refractivity (Wildman–Crippen MR) is 48.4 cm³/mol. The highest BCUT2D eigenvalue weighted by atomic mass is 16.5. The molecule has 1 unspecified atom stereocenters. The van der Waals surface area contributed by atoms with Gasteiger partial charge in [0.25, 0.3) is 0 Å². The maximum Gasteiger partial charge on any atom is 0.142 e. The van der Waals surface area contributed by atoms with Gasteiger partial charge in [0.15, 0.2) is 0 Å². The van der Waals surface area contributed by atoms with Gasteiger partial charge >= 0.3 is 0 Å². The van der Waals surface area contributed by atoms with Crippen LogP contribution in [0.4, 0.5) is 0 Å². The van der Waals surface area contributed by atoms with E-state index in [1.54, 1.807) is 0 Å². The average molecular weight is 163 g/mol. The van der Waals surface area contributed by atoms with Gasteiger partial charge in [-0.3, -0.25) is 0 Å². The van der Waals surface area contributed by atoms with Gasteiger partial charge in [-0.1, -0.05) is 25.2 Å². The van der Waals surface area contributed by atoms with E-state index in [4.69, 9.17) is 4.74 Å². The molecule has 2 aliphatic rings. The lowest BCUT2D eigenvalue weighted by atomic mass is 10.1. The molecule has 2 nitrogen and oxygen atoms in total. The highest BCUT2D eigenvalue weighted by molar-refractivity contribution is 5.33. The van der Waals surface area contributed by atoms with Crippen LogP contribution in [0.3, 0.4) is 0 Å². The van der Waals surface area contributed by atoms with E-state index in [-0.39, 0.29) is 0 Å². The Labute approximate surface area is 72.6 Å². The summed E-state index contributed by atoms with van der Waals surface area (Å²) in [6.45, 7) is 3.85. The molecule has 2 rings (SSSR count). The maximum atomic E-state index is 5.49. The van der Waals surface area contributed by atoms with Crippen LogP contribution in [-0.2, 0) is 4.74 Å². The molecule has 1 aliphatic carbocycles. The number of morpholine rings is 1. The van der Waals surface area contributed by atoms with Crippen LogP contribution in [0, 0.1) is 5.92 Å². The van der Waals surface area contributed by atoms with Crippen molar-refractivity contribution in [2.24, 2.45) is 5.92 Å². The van der Waals surface area contributed by atoms with E-state index in [2.05, 4.69) is 30.5 Å². The summed E-state index contributed by atoms with van der Waals surface area (Å²) in [7, 11) is 0. The van der Waals surface area contributed by atoms with E-state index in [1.807, 2.05) is 6.08 Å². The molecule has 1 fully saturated rings. The summed E-state index contributed by atoms with van der Waals surface area (Å²) in [4.78, 5) is 0. The van der Waals surface area contributed by atoms with Gasteiger partial charge in [0.2, 0.25) is 0 Å². The number of hydrogen-bond donors (Lipinski definition) is 1. The van der Waals surface area contributed by atoms with Gasteiger partial charge in [0.05, 0.1) is 5.70 Å². The molecule has 2 heteroatoms. The molecule has 0 aromatic heterocycles. The fraction of sp³-hybridized carbons (Fsp3) is 0.400. The molecule has 1 heterocycles. The van der Waals surface area contributed by atoms with Crippen molar-refractivity contribution in [1.29, 1.82) is 0 Å². The molecule has 1 saturated heterocycles. The van der Waals surface area contributed by atoms with Crippen LogP contribution in [0.25, 0.3) is 0 Å². The Morgan fingerprint density at radius 3 is 3.42 bits per heavy atom. The largest absolute Gasteiger partial charge is 0.490 e. The van der Waals surface area contributed by atoms with Crippen LogP contribution in [0.2, 0.25) is 0 Å². The molecule has 0 amide bonds. The highest BCUT2D eigenvalue weighted by Crippen LogP contribution is 2.18. The van der Waals surface area contributed by atoms with E-state index in [0.717, 1.165) is 24.6 Å².